The zero-order valence-electron chi connectivity index (χ0n) is 15.7. The number of halogens is 4. The molecule has 4 rings (SSSR count). The SMILES string of the molecule is O=C1OC(c2cccc(Br)c2)=N/C1=C\c1cc(I)c(OCc2ccccc2F)c(I)c1. The summed E-state index contributed by atoms with van der Waals surface area (Å²) < 4.78 is 27.6. The van der Waals surface area contributed by atoms with Crippen LogP contribution in [0.3, 0.4) is 0 Å². The third-order valence-electron chi connectivity index (χ3n) is 4.35. The monoisotopic (exact) mass is 703 g/mol. The Morgan fingerprint density at radius 3 is 2.52 bits per heavy atom. The van der Waals surface area contributed by atoms with Crippen molar-refractivity contribution in [3.8, 4) is 5.75 Å². The summed E-state index contributed by atoms with van der Waals surface area (Å²) in [4.78, 5) is 16.6. The Balaban J connectivity index is 1.57. The summed E-state index contributed by atoms with van der Waals surface area (Å²) in [5.41, 5.74) is 2.22. The number of ether oxygens (including phenoxy) is 2. The largest absolute Gasteiger partial charge is 0.487 e. The Morgan fingerprint density at radius 1 is 1.06 bits per heavy atom. The Labute approximate surface area is 214 Å². The maximum Gasteiger partial charge on any atom is 0.363 e. The summed E-state index contributed by atoms with van der Waals surface area (Å²) >= 11 is 7.73. The lowest BCUT2D eigenvalue weighted by Gasteiger charge is -2.12. The smallest absolute Gasteiger partial charge is 0.363 e. The Kier molecular flexibility index (Phi) is 7.07. The van der Waals surface area contributed by atoms with Crippen molar-refractivity contribution in [3.05, 3.63) is 100 Å². The van der Waals surface area contributed by atoms with Gasteiger partial charge in [0.25, 0.3) is 0 Å². The molecule has 0 saturated carbocycles. The van der Waals surface area contributed by atoms with Crippen molar-refractivity contribution in [3.63, 3.8) is 0 Å². The molecule has 8 heteroatoms. The molecule has 3 aromatic rings. The van der Waals surface area contributed by atoms with Crippen molar-refractivity contribution in [2.24, 2.45) is 4.99 Å². The van der Waals surface area contributed by atoms with E-state index in [4.69, 9.17) is 9.47 Å². The highest BCUT2D eigenvalue weighted by atomic mass is 127. The number of rotatable bonds is 5. The molecule has 31 heavy (non-hydrogen) atoms. The topological polar surface area (TPSA) is 47.9 Å². The second kappa shape index (κ2) is 9.78. The molecule has 0 saturated heterocycles. The fraction of sp³-hybridized carbons (Fsp3) is 0.0435. The van der Waals surface area contributed by atoms with E-state index in [0.29, 0.717) is 16.9 Å². The van der Waals surface area contributed by atoms with Crippen molar-refractivity contribution in [1.82, 2.24) is 0 Å². The molecular formula is C23H13BrFI2NO3. The summed E-state index contributed by atoms with van der Waals surface area (Å²) in [6, 6.07) is 17.7. The number of nitrogens with zero attached hydrogens (tertiary/aromatic N) is 1. The third-order valence-corrected chi connectivity index (χ3v) is 6.44. The molecule has 1 aliphatic rings. The Hall–Kier alpha value is -1.79. The van der Waals surface area contributed by atoms with Crippen LogP contribution in [-0.4, -0.2) is 11.9 Å². The molecule has 0 spiro atoms. The van der Waals surface area contributed by atoms with E-state index in [1.54, 1.807) is 24.3 Å². The van der Waals surface area contributed by atoms with Crippen LogP contribution in [0.4, 0.5) is 4.39 Å². The maximum absolute atomic E-state index is 13.8. The van der Waals surface area contributed by atoms with Gasteiger partial charge in [0.2, 0.25) is 5.90 Å². The van der Waals surface area contributed by atoms with E-state index in [-0.39, 0.29) is 24.0 Å². The molecule has 0 radical (unpaired) electrons. The fourth-order valence-corrected chi connectivity index (χ4v) is 5.41. The van der Waals surface area contributed by atoms with E-state index in [0.717, 1.165) is 17.2 Å². The second-order valence-electron chi connectivity index (χ2n) is 6.54. The highest BCUT2D eigenvalue weighted by Gasteiger charge is 2.24. The zero-order valence-corrected chi connectivity index (χ0v) is 21.6. The van der Waals surface area contributed by atoms with Gasteiger partial charge in [-0.2, -0.15) is 0 Å². The van der Waals surface area contributed by atoms with Crippen molar-refractivity contribution in [2.45, 2.75) is 6.61 Å². The number of esters is 1. The number of benzene rings is 3. The van der Waals surface area contributed by atoms with Gasteiger partial charge in [-0.1, -0.05) is 40.2 Å². The summed E-state index contributed by atoms with van der Waals surface area (Å²) in [7, 11) is 0. The van der Waals surface area contributed by atoms with Gasteiger partial charge in [-0.25, -0.2) is 14.2 Å². The van der Waals surface area contributed by atoms with Crippen molar-refractivity contribution < 1.29 is 18.7 Å². The molecular weight excluding hydrogens is 691 g/mol. The Bertz CT molecular complexity index is 1220. The molecule has 0 aromatic heterocycles. The predicted molar refractivity (Wildman–Crippen MR) is 137 cm³/mol. The average Bonchev–Trinajstić information content (AvgIpc) is 3.09. The first-order valence-electron chi connectivity index (χ1n) is 9.04. The molecule has 156 valence electrons. The molecule has 0 amide bonds. The van der Waals surface area contributed by atoms with Gasteiger partial charge in [0, 0.05) is 15.6 Å². The van der Waals surface area contributed by atoms with Gasteiger partial charge in [0.15, 0.2) is 5.70 Å². The lowest BCUT2D eigenvalue weighted by Crippen LogP contribution is -2.05. The van der Waals surface area contributed by atoms with Crippen LogP contribution < -0.4 is 4.74 Å². The number of carbonyl (C=O) groups is 1. The van der Waals surface area contributed by atoms with Crippen LogP contribution in [0.25, 0.3) is 6.08 Å². The van der Waals surface area contributed by atoms with Crippen LogP contribution in [0.1, 0.15) is 16.7 Å². The second-order valence-corrected chi connectivity index (χ2v) is 9.78. The molecule has 0 bridgehead atoms. The van der Waals surface area contributed by atoms with Gasteiger partial charge in [0.1, 0.15) is 18.2 Å². The highest BCUT2D eigenvalue weighted by molar-refractivity contribution is 14.1. The summed E-state index contributed by atoms with van der Waals surface area (Å²) in [6.07, 6.45) is 1.68. The summed E-state index contributed by atoms with van der Waals surface area (Å²) in [5.74, 6) is 0.137. The minimum atomic E-state index is -0.500. The molecule has 0 N–H and O–H groups in total. The van der Waals surface area contributed by atoms with Crippen LogP contribution in [0, 0.1) is 13.0 Å². The third kappa shape index (κ3) is 5.35. The lowest BCUT2D eigenvalue weighted by molar-refractivity contribution is -0.129. The van der Waals surface area contributed by atoms with Crippen LogP contribution in [-0.2, 0) is 16.1 Å². The maximum atomic E-state index is 13.8. The van der Waals surface area contributed by atoms with Gasteiger partial charge >= 0.3 is 5.97 Å². The zero-order chi connectivity index (χ0) is 22.0. The average molecular weight is 704 g/mol. The van der Waals surface area contributed by atoms with Gasteiger partial charge in [-0.05, 0) is 93.2 Å². The molecule has 4 nitrogen and oxygen atoms in total. The minimum Gasteiger partial charge on any atom is -0.487 e. The molecule has 3 aromatic carbocycles. The quantitative estimate of drug-likeness (QED) is 0.169. The first-order valence-corrected chi connectivity index (χ1v) is 12.0. The normalized spacial score (nSPS) is 14.5. The molecule has 0 aliphatic carbocycles. The highest BCUT2D eigenvalue weighted by Crippen LogP contribution is 2.31. The molecule has 1 aliphatic heterocycles. The summed E-state index contributed by atoms with van der Waals surface area (Å²) in [5, 5.41) is 0. The number of carbonyl (C=O) groups excluding carboxylic acids is 1. The first-order chi connectivity index (χ1) is 14.9. The molecule has 0 unspecified atom stereocenters. The van der Waals surface area contributed by atoms with E-state index in [1.165, 1.54) is 6.07 Å². The standard InChI is InChI=1S/C23H13BrFI2NO3/c24-16-6-3-5-14(11-16)22-28-20(23(29)31-22)10-13-8-18(26)21(19(27)9-13)30-12-15-4-1-2-7-17(15)25/h1-11H,12H2/b20-10-. The number of hydrogen-bond acceptors (Lipinski definition) is 4. The van der Waals surface area contributed by atoms with Crippen molar-refractivity contribution >= 4 is 79.1 Å². The molecule has 1 heterocycles. The first kappa shape index (κ1) is 22.4. The molecule has 0 atom stereocenters. The van der Waals surface area contributed by atoms with Gasteiger partial charge < -0.3 is 9.47 Å². The van der Waals surface area contributed by atoms with Crippen LogP contribution in [0.15, 0.2) is 75.8 Å². The minimum absolute atomic E-state index is 0.131. The van der Waals surface area contributed by atoms with E-state index >= 15 is 0 Å². The van der Waals surface area contributed by atoms with Crippen LogP contribution in [0.2, 0.25) is 0 Å². The number of hydrogen-bond donors (Lipinski definition) is 0. The molecule has 0 fully saturated rings. The van der Waals surface area contributed by atoms with Crippen LogP contribution in [0.5, 0.6) is 5.75 Å². The van der Waals surface area contributed by atoms with Gasteiger partial charge in [-0.3, -0.25) is 0 Å². The lowest BCUT2D eigenvalue weighted by atomic mass is 10.2. The van der Waals surface area contributed by atoms with Gasteiger partial charge in [0.05, 0.1) is 7.14 Å². The summed E-state index contributed by atoms with van der Waals surface area (Å²) in [6.45, 7) is 0.131. The number of aliphatic imine (C=N–C) groups is 1. The van der Waals surface area contributed by atoms with E-state index in [2.05, 4.69) is 66.1 Å². The van der Waals surface area contributed by atoms with Crippen LogP contribution >= 0.6 is 61.1 Å². The van der Waals surface area contributed by atoms with E-state index in [9.17, 15) is 9.18 Å². The predicted octanol–water partition coefficient (Wildman–Crippen LogP) is 6.72. The fourth-order valence-electron chi connectivity index (χ4n) is 2.88. The van der Waals surface area contributed by atoms with E-state index in [1.807, 2.05) is 36.4 Å². The van der Waals surface area contributed by atoms with Crippen molar-refractivity contribution in [1.29, 1.82) is 0 Å². The van der Waals surface area contributed by atoms with E-state index < -0.39 is 5.97 Å². The van der Waals surface area contributed by atoms with Crippen molar-refractivity contribution in [2.75, 3.05) is 0 Å². The number of cyclic esters (lactones) is 1. The Morgan fingerprint density at radius 2 is 1.81 bits per heavy atom. The van der Waals surface area contributed by atoms with Gasteiger partial charge in [-0.15, -0.1) is 0 Å².